The van der Waals surface area contributed by atoms with E-state index in [0.717, 1.165) is 13.0 Å². The maximum atomic E-state index is 11.2. The first-order chi connectivity index (χ1) is 6.93. The molecular formula is C10H18N2O3. The van der Waals surface area contributed by atoms with Gasteiger partial charge in [-0.25, -0.2) is 0 Å². The second-order valence-corrected chi connectivity index (χ2v) is 3.59. The third-order valence-electron chi connectivity index (χ3n) is 1.81. The van der Waals surface area contributed by atoms with E-state index in [0.29, 0.717) is 12.0 Å². The molecule has 0 heterocycles. The zero-order chi connectivity index (χ0) is 11.8. The number of carboxylic acid groups (broad SMARTS) is 1. The van der Waals surface area contributed by atoms with E-state index < -0.39 is 5.97 Å². The van der Waals surface area contributed by atoms with E-state index in [1.165, 1.54) is 0 Å². The third-order valence-corrected chi connectivity index (χ3v) is 1.81. The molecule has 0 aromatic carbocycles. The molecule has 0 fully saturated rings. The number of amides is 1. The van der Waals surface area contributed by atoms with Crippen molar-refractivity contribution in [2.75, 3.05) is 27.2 Å². The Hall–Kier alpha value is -1.36. The van der Waals surface area contributed by atoms with Crippen LogP contribution in [0.2, 0.25) is 0 Å². The van der Waals surface area contributed by atoms with Crippen LogP contribution in [-0.2, 0) is 9.59 Å². The molecule has 86 valence electrons. The average Bonchev–Trinajstić information content (AvgIpc) is 2.13. The number of nitrogens with one attached hydrogen (secondary N) is 1. The normalized spacial score (nSPS) is 10.1. The molecule has 0 bridgehead atoms. The van der Waals surface area contributed by atoms with Crippen molar-refractivity contribution in [3.05, 3.63) is 12.2 Å². The minimum absolute atomic E-state index is 0.356. The number of nitrogens with zero attached hydrogens (tertiary/aromatic N) is 1. The van der Waals surface area contributed by atoms with Crippen LogP contribution in [0.4, 0.5) is 0 Å². The Balaban J connectivity index is 3.70. The van der Waals surface area contributed by atoms with Gasteiger partial charge in [-0.05, 0) is 33.5 Å². The predicted octanol–water partition coefficient (Wildman–Crippen LogP) is 0.0852. The highest BCUT2D eigenvalue weighted by Crippen LogP contribution is 2.02. The van der Waals surface area contributed by atoms with Gasteiger partial charge in [0.25, 0.3) is 0 Å². The van der Waals surface area contributed by atoms with Gasteiger partial charge >= 0.3 is 5.97 Å². The number of carboxylic acids is 1. The Morgan fingerprint density at radius 3 is 2.47 bits per heavy atom. The largest absolute Gasteiger partial charge is 0.480 e. The second kappa shape index (κ2) is 7.00. The molecule has 0 saturated heterocycles. The number of carbonyl (C=O) groups excluding carboxylic acids is 1. The van der Waals surface area contributed by atoms with Crippen molar-refractivity contribution in [2.45, 2.75) is 12.8 Å². The maximum Gasteiger partial charge on any atom is 0.322 e. The quantitative estimate of drug-likeness (QED) is 0.589. The minimum atomic E-state index is -1.05. The number of aliphatic carboxylic acids is 1. The molecule has 0 saturated carbocycles. The van der Waals surface area contributed by atoms with Crippen molar-refractivity contribution in [3.8, 4) is 0 Å². The highest BCUT2D eigenvalue weighted by Gasteiger charge is 2.07. The lowest BCUT2D eigenvalue weighted by Crippen LogP contribution is -2.30. The van der Waals surface area contributed by atoms with Crippen molar-refractivity contribution in [2.24, 2.45) is 0 Å². The molecule has 0 rings (SSSR count). The summed E-state index contributed by atoms with van der Waals surface area (Å²) >= 11 is 0. The van der Waals surface area contributed by atoms with Crippen LogP contribution in [-0.4, -0.2) is 49.1 Å². The van der Waals surface area contributed by atoms with Crippen LogP contribution < -0.4 is 5.32 Å². The Bertz CT molecular complexity index is 249. The molecule has 0 aromatic rings. The van der Waals surface area contributed by atoms with Gasteiger partial charge in [-0.1, -0.05) is 6.58 Å². The zero-order valence-corrected chi connectivity index (χ0v) is 9.25. The third kappa shape index (κ3) is 7.69. The minimum Gasteiger partial charge on any atom is -0.480 e. The van der Waals surface area contributed by atoms with Crippen molar-refractivity contribution < 1.29 is 14.7 Å². The van der Waals surface area contributed by atoms with Gasteiger partial charge in [0, 0.05) is 5.57 Å². The Labute approximate surface area is 89.8 Å². The van der Waals surface area contributed by atoms with Crippen molar-refractivity contribution in [3.63, 3.8) is 0 Å². The van der Waals surface area contributed by atoms with Gasteiger partial charge in [0.15, 0.2) is 0 Å². The van der Waals surface area contributed by atoms with Crippen molar-refractivity contribution in [1.82, 2.24) is 10.2 Å². The first-order valence-electron chi connectivity index (χ1n) is 4.76. The highest BCUT2D eigenvalue weighted by atomic mass is 16.4. The van der Waals surface area contributed by atoms with Crippen LogP contribution in [0.5, 0.6) is 0 Å². The van der Waals surface area contributed by atoms with Gasteiger partial charge in [0.2, 0.25) is 5.91 Å². The Morgan fingerprint density at radius 2 is 2.00 bits per heavy atom. The van der Waals surface area contributed by atoms with Crippen molar-refractivity contribution >= 4 is 11.9 Å². The van der Waals surface area contributed by atoms with Crippen LogP contribution >= 0.6 is 0 Å². The standard InChI is InChI=1S/C10H18N2O3/c1-8(5-4-6-12(2)3)10(15)11-7-9(13)14/h1,4-7H2,2-3H3,(H,11,15)(H,13,14). The summed E-state index contributed by atoms with van der Waals surface area (Å²) in [5.41, 5.74) is 0.429. The molecule has 0 radical (unpaired) electrons. The summed E-state index contributed by atoms with van der Waals surface area (Å²) in [6.07, 6.45) is 1.43. The smallest absolute Gasteiger partial charge is 0.322 e. The van der Waals surface area contributed by atoms with Crippen LogP contribution in [0.3, 0.4) is 0 Å². The number of hydrogen-bond acceptors (Lipinski definition) is 3. The van der Waals surface area contributed by atoms with E-state index >= 15 is 0 Å². The van der Waals surface area contributed by atoms with Gasteiger partial charge < -0.3 is 15.3 Å². The van der Waals surface area contributed by atoms with E-state index in [1.54, 1.807) is 0 Å². The van der Waals surface area contributed by atoms with E-state index in [9.17, 15) is 9.59 Å². The fourth-order valence-corrected chi connectivity index (χ4v) is 1.00. The molecule has 0 spiro atoms. The van der Waals surface area contributed by atoms with Gasteiger partial charge in [0.05, 0.1) is 0 Å². The molecule has 0 aromatic heterocycles. The van der Waals surface area contributed by atoms with Crippen LogP contribution in [0.15, 0.2) is 12.2 Å². The molecule has 5 heteroatoms. The first kappa shape index (κ1) is 13.6. The number of carbonyl (C=O) groups is 2. The Morgan fingerprint density at radius 1 is 1.40 bits per heavy atom. The first-order valence-corrected chi connectivity index (χ1v) is 4.76. The SMILES string of the molecule is C=C(CCCN(C)C)C(=O)NCC(=O)O. The zero-order valence-electron chi connectivity index (χ0n) is 9.25. The topological polar surface area (TPSA) is 69.6 Å². The van der Waals surface area contributed by atoms with E-state index in [1.807, 2.05) is 19.0 Å². The van der Waals surface area contributed by atoms with Gasteiger partial charge in [-0.3, -0.25) is 9.59 Å². The summed E-state index contributed by atoms with van der Waals surface area (Å²) in [6.45, 7) is 4.13. The summed E-state index contributed by atoms with van der Waals surface area (Å²) in [6, 6.07) is 0. The van der Waals surface area contributed by atoms with Gasteiger partial charge in [-0.2, -0.15) is 0 Å². The van der Waals surface area contributed by atoms with E-state index in [-0.39, 0.29) is 12.5 Å². The van der Waals surface area contributed by atoms with Crippen LogP contribution in [0, 0.1) is 0 Å². The average molecular weight is 214 g/mol. The van der Waals surface area contributed by atoms with Crippen LogP contribution in [0.25, 0.3) is 0 Å². The molecular weight excluding hydrogens is 196 g/mol. The summed E-state index contributed by atoms with van der Waals surface area (Å²) in [7, 11) is 3.90. The summed E-state index contributed by atoms with van der Waals surface area (Å²) in [4.78, 5) is 23.4. The lowest BCUT2D eigenvalue weighted by molar-refractivity contribution is -0.137. The predicted molar refractivity (Wildman–Crippen MR) is 57.6 cm³/mol. The van der Waals surface area contributed by atoms with Gasteiger partial charge in [-0.15, -0.1) is 0 Å². The molecule has 1 amide bonds. The lowest BCUT2D eigenvalue weighted by atomic mass is 10.1. The molecule has 0 atom stereocenters. The highest BCUT2D eigenvalue weighted by molar-refractivity contribution is 5.94. The molecule has 0 unspecified atom stereocenters. The fourth-order valence-electron chi connectivity index (χ4n) is 1.00. The molecule has 0 aliphatic rings. The molecule has 15 heavy (non-hydrogen) atoms. The fraction of sp³-hybridized carbons (Fsp3) is 0.600. The monoisotopic (exact) mass is 214 g/mol. The summed E-state index contributed by atoms with van der Waals surface area (Å²) in [5, 5.41) is 10.6. The molecule has 5 nitrogen and oxygen atoms in total. The van der Waals surface area contributed by atoms with E-state index in [4.69, 9.17) is 5.11 Å². The van der Waals surface area contributed by atoms with E-state index in [2.05, 4.69) is 11.9 Å². The van der Waals surface area contributed by atoms with Gasteiger partial charge in [0.1, 0.15) is 6.54 Å². The number of hydrogen-bond donors (Lipinski definition) is 2. The Kier molecular flexibility index (Phi) is 6.37. The molecule has 0 aliphatic carbocycles. The molecule has 0 aliphatic heterocycles. The molecule has 2 N–H and O–H groups in total. The maximum absolute atomic E-state index is 11.2. The van der Waals surface area contributed by atoms with Crippen LogP contribution in [0.1, 0.15) is 12.8 Å². The van der Waals surface area contributed by atoms with Crippen molar-refractivity contribution in [1.29, 1.82) is 0 Å². The number of rotatable bonds is 7. The second-order valence-electron chi connectivity index (χ2n) is 3.59. The lowest BCUT2D eigenvalue weighted by Gasteiger charge is -2.10. The summed E-state index contributed by atoms with van der Waals surface area (Å²) in [5.74, 6) is -1.43. The summed E-state index contributed by atoms with van der Waals surface area (Å²) < 4.78 is 0.